The van der Waals surface area contributed by atoms with Crippen LogP contribution < -0.4 is 20.3 Å². The lowest BCUT2D eigenvalue weighted by molar-refractivity contribution is -0.123. The number of nitrogens with zero attached hydrogens (tertiary/aromatic N) is 1. The molecule has 0 atom stereocenters. The summed E-state index contributed by atoms with van der Waals surface area (Å²) >= 11 is 0. The number of ether oxygens (including phenoxy) is 1. The Morgan fingerprint density at radius 3 is 2.87 bits per heavy atom. The monoisotopic (exact) mass is 341 g/mol. The Kier molecular flexibility index (Phi) is 8.43. The van der Waals surface area contributed by atoms with E-state index in [-0.39, 0.29) is 30.8 Å². The highest BCUT2D eigenvalue weighted by molar-refractivity contribution is 5.95. The molecular weight excluding hydrogens is 318 g/mol. The van der Waals surface area contributed by atoms with Gasteiger partial charge in [0, 0.05) is 37.8 Å². The number of carbonyl (C=O) groups is 2. The highest BCUT2D eigenvalue weighted by atomic mass is 35.5. The quantitative estimate of drug-likeness (QED) is 0.700. The molecule has 23 heavy (non-hydrogen) atoms. The summed E-state index contributed by atoms with van der Waals surface area (Å²) in [6, 6.07) is 7.30. The number of likely N-dealkylation sites (N-methyl/N-ethyl adjacent to an activating group) is 1. The van der Waals surface area contributed by atoms with Gasteiger partial charge in [0.25, 0.3) is 5.91 Å². The van der Waals surface area contributed by atoms with Crippen molar-refractivity contribution in [2.75, 3.05) is 37.7 Å². The van der Waals surface area contributed by atoms with Crippen molar-refractivity contribution in [2.24, 2.45) is 0 Å². The van der Waals surface area contributed by atoms with Crippen molar-refractivity contribution < 1.29 is 14.3 Å². The molecule has 2 rings (SSSR count). The summed E-state index contributed by atoms with van der Waals surface area (Å²) in [7, 11) is 0. The molecule has 1 heterocycles. The van der Waals surface area contributed by atoms with E-state index in [4.69, 9.17) is 4.74 Å². The van der Waals surface area contributed by atoms with Gasteiger partial charge in [-0.05, 0) is 25.1 Å². The van der Waals surface area contributed by atoms with Crippen molar-refractivity contribution in [2.45, 2.75) is 19.8 Å². The maximum atomic E-state index is 11.7. The summed E-state index contributed by atoms with van der Waals surface area (Å²) in [6.45, 7) is 4.95. The summed E-state index contributed by atoms with van der Waals surface area (Å²) in [6.07, 6.45) is 1.48. The highest BCUT2D eigenvalue weighted by Gasteiger charge is 2.21. The maximum absolute atomic E-state index is 11.7. The lowest BCUT2D eigenvalue weighted by atomic mass is 10.3. The van der Waals surface area contributed by atoms with E-state index in [1.807, 2.05) is 19.1 Å². The number of nitrogens with one attached hydrogen (secondary N) is 2. The summed E-state index contributed by atoms with van der Waals surface area (Å²) in [5, 5.41) is 5.90. The fourth-order valence-electron chi connectivity index (χ4n) is 2.33. The number of halogens is 1. The fraction of sp³-hybridized carbons (Fsp3) is 0.500. The van der Waals surface area contributed by atoms with E-state index in [1.165, 1.54) is 0 Å². The van der Waals surface area contributed by atoms with Crippen molar-refractivity contribution in [1.82, 2.24) is 10.6 Å². The lowest BCUT2D eigenvalue weighted by Gasteiger charge is -2.16. The largest absolute Gasteiger partial charge is 0.484 e. The van der Waals surface area contributed by atoms with E-state index < -0.39 is 0 Å². The third-order valence-electron chi connectivity index (χ3n) is 3.45. The van der Waals surface area contributed by atoms with Gasteiger partial charge in [-0.1, -0.05) is 13.0 Å². The molecule has 2 amide bonds. The number of benzene rings is 1. The van der Waals surface area contributed by atoms with Gasteiger partial charge in [0.05, 0.1) is 0 Å². The van der Waals surface area contributed by atoms with Gasteiger partial charge in [0.15, 0.2) is 6.61 Å². The first-order valence-electron chi connectivity index (χ1n) is 7.71. The van der Waals surface area contributed by atoms with Gasteiger partial charge in [-0.25, -0.2) is 0 Å². The van der Waals surface area contributed by atoms with Gasteiger partial charge in [-0.3, -0.25) is 9.59 Å². The van der Waals surface area contributed by atoms with Crippen LogP contribution in [0, 0.1) is 0 Å². The minimum atomic E-state index is -0.152. The van der Waals surface area contributed by atoms with Crippen molar-refractivity contribution in [1.29, 1.82) is 0 Å². The van der Waals surface area contributed by atoms with Crippen LogP contribution in [0.1, 0.15) is 19.8 Å². The Labute approximate surface area is 143 Å². The van der Waals surface area contributed by atoms with E-state index >= 15 is 0 Å². The van der Waals surface area contributed by atoms with E-state index in [1.54, 1.807) is 17.0 Å². The van der Waals surface area contributed by atoms with E-state index in [0.717, 1.165) is 31.7 Å². The molecule has 0 unspecified atom stereocenters. The van der Waals surface area contributed by atoms with Crippen LogP contribution in [-0.4, -0.2) is 44.6 Å². The molecule has 1 fully saturated rings. The molecule has 0 bridgehead atoms. The second-order valence-electron chi connectivity index (χ2n) is 5.14. The molecule has 1 aromatic carbocycles. The molecule has 0 saturated carbocycles. The summed E-state index contributed by atoms with van der Waals surface area (Å²) in [4.78, 5) is 25.1. The molecule has 6 nitrogen and oxygen atoms in total. The lowest BCUT2D eigenvalue weighted by Crippen LogP contribution is -2.34. The van der Waals surface area contributed by atoms with Crippen LogP contribution in [0.2, 0.25) is 0 Å². The molecule has 0 aliphatic carbocycles. The van der Waals surface area contributed by atoms with Crippen LogP contribution in [0.25, 0.3) is 0 Å². The van der Waals surface area contributed by atoms with Crippen LogP contribution >= 0.6 is 12.4 Å². The molecule has 2 N–H and O–H groups in total. The molecular formula is C16H24ClN3O3. The number of carbonyl (C=O) groups excluding carboxylic acids is 2. The molecule has 1 saturated heterocycles. The number of anilines is 1. The maximum Gasteiger partial charge on any atom is 0.257 e. The van der Waals surface area contributed by atoms with Crippen LogP contribution in [0.4, 0.5) is 5.69 Å². The molecule has 7 heteroatoms. The number of hydrogen-bond donors (Lipinski definition) is 2. The molecule has 1 aromatic rings. The Morgan fingerprint density at radius 2 is 2.17 bits per heavy atom. The zero-order valence-corrected chi connectivity index (χ0v) is 14.2. The first-order valence-corrected chi connectivity index (χ1v) is 7.71. The Balaban J connectivity index is 0.00000264. The average molecular weight is 342 g/mol. The number of rotatable bonds is 8. The summed E-state index contributed by atoms with van der Waals surface area (Å²) < 4.78 is 5.49. The molecule has 1 aliphatic rings. The smallest absolute Gasteiger partial charge is 0.257 e. The van der Waals surface area contributed by atoms with Crippen LogP contribution in [-0.2, 0) is 9.59 Å². The van der Waals surface area contributed by atoms with E-state index in [9.17, 15) is 9.59 Å². The highest BCUT2D eigenvalue weighted by Crippen LogP contribution is 2.25. The zero-order chi connectivity index (χ0) is 15.8. The Bertz CT molecular complexity index is 525. The Morgan fingerprint density at radius 1 is 1.35 bits per heavy atom. The first-order chi connectivity index (χ1) is 10.7. The summed E-state index contributed by atoms with van der Waals surface area (Å²) in [5.41, 5.74) is 0.826. The minimum absolute atomic E-state index is 0. The standard InChI is InChI=1S/C16H23N3O3.ClH/c1-2-17-8-9-18-15(20)12-22-14-6-3-5-13(11-14)19-10-4-7-16(19)21;/h3,5-6,11,17H,2,4,7-10,12H2,1H3,(H,18,20);1H. The third-order valence-corrected chi connectivity index (χ3v) is 3.45. The second kappa shape index (κ2) is 10.1. The van der Waals surface area contributed by atoms with E-state index in [2.05, 4.69) is 10.6 Å². The first kappa shape index (κ1) is 19.3. The fourth-order valence-corrected chi connectivity index (χ4v) is 2.33. The van der Waals surface area contributed by atoms with E-state index in [0.29, 0.717) is 18.7 Å². The SMILES string of the molecule is CCNCCNC(=O)COc1cccc(N2CCCC2=O)c1.Cl. The average Bonchev–Trinajstić information content (AvgIpc) is 2.96. The van der Waals surface area contributed by atoms with Crippen molar-refractivity contribution in [3.8, 4) is 5.75 Å². The summed E-state index contributed by atoms with van der Waals surface area (Å²) in [5.74, 6) is 0.581. The van der Waals surface area contributed by atoms with Gasteiger partial charge in [-0.15, -0.1) is 12.4 Å². The normalized spacial score (nSPS) is 13.6. The van der Waals surface area contributed by atoms with Gasteiger partial charge in [-0.2, -0.15) is 0 Å². The molecule has 0 radical (unpaired) electrons. The molecule has 128 valence electrons. The predicted molar refractivity (Wildman–Crippen MR) is 92.3 cm³/mol. The van der Waals surface area contributed by atoms with Gasteiger partial charge < -0.3 is 20.3 Å². The van der Waals surface area contributed by atoms with Crippen molar-refractivity contribution >= 4 is 29.9 Å². The second-order valence-corrected chi connectivity index (χ2v) is 5.14. The van der Waals surface area contributed by atoms with Crippen LogP contribution in [0.15, 0.2) is 24.3 Å². The molecule has 0 aromatic heterocycles. The van der Waals surface area contributed by atoms with Gasteiger partial charge in [0.2, 0.25) is 5.91 Å². The number of amides is 2. The van der Waals surface area contributed by atoms with Crippen molar-refractivity contribution in [3.05, 3.63) is 24.3 Å². The van der Waals surface area contributed by atoms with Gasteiger partial charge >= 0.3 is 0 Å². The van der Waals surface area contributed by atoms with Crippen LogP contribution in [0.5, 0.6) is 5.75 Å². The molecule has 0 spiro atoms. The minimum Gasteiger partial charge on any atom is -0.484 e. The Hall–Kier alpha value is -1.79. The topological polar surface area (TPSA) is 70.7 Å². The van der Waals surface area contributed by atoms with Crippen LogP contribution in [0.3, 0.4) is 0 Å². The van der Waals surface area contributed by atoms with Crippen molar-refractivity contribution in [3.63, 3.8) is 0 Å². The predicted octanol–water partition coefficient (Wildman–Crippen LogP) is 1.34. The van der Waals surface area contributed by atoms with Gasteiger partial charge in [0.1, 0.15) is 5.75 Å². The third kappa shape index (κ3) is 6.08. The molecule has 1 aliphatic heterocycles. The zero-order valence-electron chi connectivity index (χ0n) is 13.3. The number of hydrogen-bond acceptors (Lipinski definition) is 4.